The predicted octanol–water partition coefficient (Wildman–Crippen LogP) is 8.78. The van der Waals surface area contributed by atoms with Crippen molar-refractivity contribution in [2.75, 3.05) is 19.7 Å². The maximum Gasteiger partial charge on any atom is 0.410 e. The maximum atomic E-state index is 14.5. The summed E-state index contributed by atoms with van der Waals surface area (Å²) in [6, 6.07) is 23.7. The van der Waals surface area contributed by atoms with Crippen LogP contribution in [0.5, 0.6) is 17.2 Å². The van der Waals surface area contributed by atoms with Crippen LogP contribution in [0.25, 0.3) is 11.1 Å². The van der Waals surface area contributed by atoms with Gasteiger partial charge in [-0.05, 0) is 121 Å². The number of ether oxygens (including phenoxy) is 4. The van der Waals surface area contributed by atoms with Gasteiger partial charge < -0.3 is 39.2 Å². The fourth-order valence-electron chi connectivity index (χ4n) is 8.37. The highest BCUT2D eigenvalue weighted by Crippen LogP contribution is 2.41. The van der Waals surface area contributed by atoms with Crippen molar-refractivity contribution >= 4 is 47.1 Å². The molecule has 0 spiro atoms. The van der Waals surface area contributed by atoms with Crippen LogP contribution in [0.3, 0.4) is 0 Å². The Labute approximate surface area is 387 Å². The number of nitrogens with one attached hydrogen (secondary N) is 1. The molecule has 8 rings (SSSR count). The normalized spacial score (nSPS) is 18.3. The van der Waals surface area contributed by atoms with E-state index in [1.54, 1.807) is 45.3 Å². The molecular weight excluding hydrogens is 871 g/mol. The van der Waals surface area contributed by atoms with Gasteiger partial charge in [0.2, 0.25) is 11.8 Å². The minimum atomic E-state index is -1.27. The van der Waals surface area contributed by atoms with Crippen LogP contribution < -0.4 is 19.5 Å². The number of carbonyl (C=O) groups excluding carboxylic acids is 3. The van der Waals surface area contributed by atoms with Crippen molar-refractivity contribution in [3.05, 3.63) is 141 Å². The minimum Gasteiger partial charge on any atom is -0.489 e. The number of amides is 3. The molecule has 338 valence electrons. The Morgan fingerprint density at radius 1 is 0.923 bits per heavy atom. The summed E-state index contributed by atoms with van der Waals surface area (Å²) in [5.41, 5.74) is 6.27. The number of aryl methyl sites for hydroxylation is 1. The van der Waals surface area contributed by atoms with Crippen LogP contribution in [0, 0.1) is 12.8 Å². The zero-order valence-electron chi connectivity index (χ0n) is 36.5. The Hall–Kier alpha value is -6.31. The molecule has 4 heterocycles. The lowest BCUT2D eigenvalue weighted by Gasteiger charge is -2.38. The highest BCUT2D eigenvalue weighted by molar-refractivity contribution is 6.42. The summed E-state index contributed by atoms with van der Waals surface area (Å²) in [4.78, 5) is 61.8. The Bertz CT molecular complexity index is 2600. The molecule has 1 fully saturated rings. The summed E-state index contributed by atoms with van der Waals surface area (Å²) in [6.07, 6.45) is 3.06. The second-order valence-electron chi connectivity index (χ2n) is 17.7. The molecule has 13 nitrogen and oxygen atoms in total. The number of fused-ring (bicyclic) bond motifs is 2. The number of aromatic nitrogens is 1. The number of nitrogens with zero attached hydrogens (tertiary/aromatic N) is 3. The summed E-state index contributed by atoms with van der Waals surface area (Å²) < 4.78 is 24.3. The molecule has 3 aliphatic heterocycles. The first kappa shape index (κ1) is 45.3. The number of carboxylic acids is 1. The van der Waals surface area contributed by atoms with E-state index >= 15 is 0 Å². The van der Waals surface area contributed by atoms with Crippen LogP contribution in [0.15, 0.2) is 97.3 Å². The maximum absolute atomic E-state index is 14.5. The molecule has 4 unspecified atom stereocenters. The minimum absolute atomic E-state index is 0.0236. The van der Waals surface area contributed by atoms with E-state index < -0.39 is 47.7 Å². The van der Waals surface area contributed by atoms with Crippen LogP contribution >= 0.6 is 23.2 Å². The molecular formula is C50H50Cl2N4O9. The van der Waals surface area contributed by atoms with E-state index in [4.69, 9.17) is 42.1 Å². The largest absolute Gasteiger partial charge is 0.489 e. The van der Waals surface area contributed by atoms with Crippen molar-refractivity contribution in [3.8, 4) is 28.4 Å². The third kappa shape index (κ3) is 10.6. The third-order valence-corrected chi connectivity index (χ3v) is 12.6. The molecule has 0 bridgehead atoms. The first-order valence-electron chi connectivity index (χ1n) is 21.5. The molecule has 0 saturated carbocycles. The molecule has 4 aromatic carbocycles. The molecule has 65 heavy (non-hydrogen) atoms. The van der Waals surface area contributed by atoms with E-state index in [1.165, 1.54) is 9.80 Å². The first-order valence-corrected chi connectivity index (χ1v) is 22.3. The molecule has 0 radical (unpaired) electrons. The number of rotatable bonds is 11. The molecule has 0 aliphatic carbocycles. The molecule has 2 N–H and O–H groups in total. The molecule has 1 saturated heterocycles. The van der Waals surface area contributed by atoms with Gasteiger partial charge in [0.25, 0.3) is 0 Å². The standard InChI is InChI=1S/C50H50Cl2N4O9/c1-29-24-53-17-15-38(29)32-8-5-30(6-9-32)20-41(48(59)60)54-46(57)42-21-35-22-43-44(23-36(35)26-56(42)47(58)34-16-18-55(25-34)49(61)65-50(2,3)4)64-45(28-63-43)33-10-12-37(13-11-33)62-27-31-7-14-39(51)40(52)19-31/h5-15,17,19,22-24,34,41-42,45H,16,18,20-21,25-28H2,1-4H3,(H,54,57)(H,59,60). The van der Waals surface area contributed by atoms with Gasteiger partial charge in [-0.2, -0.15) is 0 Å². The summed E-state index contributed by atoms with van der Waals surface area (Å²) >= 11 is 12.2. The number of pyridine rings is 1. The van der Waals surface area contributed by atoms with Crippen LogP contribution in [-0.2, 0) is 45.1 Å². The number of aliphatic carboxylic acids is 1. The lowest BCUT2D eigenvalue weighted by atomic mass is 9.90. The summed E-state index contributed by atoms with van der Waals surface area (Å²) in [5.74, 6) is -1.07. The lowest BCUT2D eigenvalue weighted by molar-refractivity contribution is -0.147. The average Bonchev–Trinajstić information content (AvgIpc) is 3.79. The number of benzene rings is 4. The molecule has 3 amide bonds. The van der Waals surface area contributed by atoms with Gasteiger partial charge in [0.15, 0.2) is 17.6 Å². The Morgan fingerprint density at radius 2 is 1.66 bits per heavy atom. The zero-order valence-corrected chi connectivity index (χ0v) is 38.0. The second-order valence-corrected chi connectivity index (χ2v) is 18.5. The molecule has 1 aromatic heterocycles. The van der Waals surface area contributed by atoms with Crippen molar-refractivity contribution in [1.82, 2.24) is 20.1 Å². The van der Waals surface area contributed by atoms with Gasteiger partial charge >= 0.3 is 12.1 Å². The van der Waals surface area contributed by atoms with Crippen LogP contribution in [0.4, 0.5) is 4.79 Å². The van der Waals surface area contributed by atoms with E-state index in [2.05, 4.69) is 10.3 Å². The first-order chi connectivity index (χ1) is 31.1. The Balaban J connectivity index is 0.994. The van der Waals surface area contributed by atoms with Crippen molar-refractivity contribution in [2.24, 2.45) is 5.92 Å². The molecule has 5 aromatic rings. The number of likely N-dealkylation sites (tertiary alicyclic amines) is 1. The highest BCUT2D eigenvalue weighted by Gasteiger charge is 2.42. The number of halogens is 2. The van der Waals surface area contributed by atoms with Crippen molar-refractivity contribution < 1.29 is 43.2 Å². The molecule has 4 atom stereocenters. The average molecular weight is 922 g/mol. The number of hydrogen-bond donors (Lipinski definition) is 2. The van der Waals surface area contributed by atoms with Crippen LogP contribution in [-0.4, -0.2) is 81.1 Å². The fraction of sp³-hybridized carbons (Fsp3) is 0.340. The quantitative estimate of drug-likeness (QED) is 0.131. The van der Waals surface area contributed by atoms with Gasteiger partial charge in [-0.3, -0.25) is 14.6 Å². The number of carbonyl (C=O) groups is 4. The summed E-state index contributed by atoms with van der Waals surface area (Å²) in [6.45, 7) is 8.35. The lowest BCUT2D eigenvalue weighted by Crippen LogP contribution is -2.57. The van der Waals surface area contributed by atoms with Crippen molar-refractivity contribution in [1.29, 1.82) is 0 Å². The van der Waals surface area contributed by atoms with Gasteiger partial charge in [-0.25, -0.2) is 9.59 Å². The number of hydrogen-bond acceptors (Lipinski definition) is 9. The van der Waals surface area contributed by atoms with E-state index in [1.807, 2.05) is 79.7 Å². The van der Waals surface area contributed by atoms with E-state index in [9.17, 15) is 24.3 Å². The Morgan fingerprint density at radius 3 is 2.37 bits per heavy atom. The summed E-state index contributed by atoms with van der Waals surface area (Å²) in [5, 5.41) is 14.0. The second kappa shape index (κ2) is 19.0. The van der Waals surface area contributed by atoms with Gasteiger partial charge in [-0.15, -0.1) is 0 Å². The molecule has 15 heteroatoms. The van der Waals surface area contributed by atoms with Gasteiger partial charge in [-0.1, -0.05) is 65.7 Å². The zero-order chi connectivity index (χ0) is 46.0. The summed E-state index contributed by atoms with van der Waals surface area (Å²) in [7, 11) is 0. The predicted molar refractivity (Wildman–Crippen MR) is 244 cm³/mol. The number of carboxylic acid groups (broad SMARTS) is 1. The molecule has 3 aliphatic rings. The Kier molecular flexibility index (Phi) is 13.3. The van der Waals surface area contributed by atoms with E-state index in [-0.39, 0.29) is 38.4 Å². The topological polar surface area (TPSA) is 157 Å². The van der Waals surface area contributed by atoms with Crippen molar-refractivity contribution in [2.45, 2.75) is 83.9 Å². The van der Waals surface area contributed by atoms with E-state index in [0.717, 1.165) is 44.5 Å². The highest BCUT2D eigenvalue weighted by atomic mass is 35.5. The van der Waals surface area contributed by atoms with Gasteiger partial charge in [0.05, 0.1) is 16.0 Å². The van der Waals surface area contributed by atoms with Crippen molar-refractivity contribution in [3.63, 3.8) is 0 Å². The van der Waals surface area contributed by atoms with E-state index in [0.29, 0.717) is 46.9 Å². The fourth-order valence-corrected chi connectivity index (χ4v) is 8.69. The van der Waals surface area contributed by atoms with Gasteiger partial charge in [0, 0.05) is 44.9 Å². The SMILES string of the molecule is Cc1cnccc1-c1ccc(CC(NC(=O)C2Cc3cc4c(cc3CN2C(=O)C2CCN(C(=O)OC(C)(C)C)C2)OC(c2ccc(OCc3ccc(Cl)c(Cl)c3)cc2)CO4)C(=O)O)cc1. The third-order valence-electron chi connectivity index (χ3n) is 11.8. The monoisotopic (exact) mass is 920 g/mol. The van der Waals surface area contributed by atoms with Gasteiger partial charge in [0.1, 0.15) is 36.6 Å². The van der Waals surface area contributed by atoms with Crippen LogP contribution in [0.2, 0.25) is 10.0 Å². The van der Waals surface area contributed by atoms with Crippen LogP contribution in [0.1, 0.15) is 66.7 Å². The smallest absolute Gasteiger partial charge is 0.410 e.